The van der Waals surface area contributed by atoms with Crippen molar-refractivity contribution in [3.8, 4) is 0 Å². The van der Waals surface area contributed by atoms with Crippen LogP contribution < -0.4 is 21.7 Å². The lowest BCUT2D eigenvalue weighted by molar-refractivity contribution is -0.143. The summed E-state index contributed by atoms with van der Waals surface area (Å²) in [4.78, 5) is 49.8. The number of amides is 3. The molecule has 0 fully saturated rings. The average Bonchev–Trinajstić information content (AvgIpc) is 2.71. The van der Waals surface area contributed by atoms with Gasteiger partial charge >= 0.3 is 5.97 Å². The first-order valence-electron chi connectivity index (χ1n) is 11.2. The summed E-state index contributed by atoms with van der Waals surface area (Å²) in [6.45, 7) is 11.1. The fraction of sp³-hybridized carbons (Fsp3) is 0.818. The van der Waals surface area contributed by atoms with Crippen LogP contribution in [-0.4, -0.2) is 65.0 Å². The zero-order valence-electron chi connectivity index (χ0n) is 20.4. The average molecular weight is 475 g/mol. The maximum absolute atomic E-state index is 13.0. The van der Waals surface area contributed by atoms with Gasteiger partial charge in [-0.1, -0.05) is 48.0 Å². The van der Waals surface area contributed by atoms with Crippen molar-refractivity contribution in [3.63, 3.8) is 0 Å². The maximum atomic E-state index is 13.0. The van der Waals surface area contributed by atoms with Gasteiger partial charge in [-0.05, 0) is 42.6 Å². The van der Waals surface area contributed by atoms with Gasteiger partial charge in [-0.25, -0.2) is 4.79 Å². The van der Waals surface area contributed by atoms with Gasteiger partial charge in [-0.3, -0.25) is 14.4 Å². The number of hydrogen-bond donors (Lipinski definition) is 5. The number of carbonyl (C=O) groups excluding carboxylic acids is 3. The van der Waals surface area contributed by atoms with Crippen molar-refractivity contribution in [2.24, 2.45) is 23.5 Å². The van der Waals surface area contributed by atoms with Crippen LogP contribution in [0, 0.1) is 17.8 Å². The van der Waals surface area contributed by atoms with Crippen molar-refractivity contribution in [1.82, 2.24) is 16.0 Å². The molecule has 0 spiro atoms. The first kappa shape index (κ1) is 30.2. The number of rotatable bonds is 15. The minimum atomic E-state index is -1.12. The van der Waals surface area contributed by atoms with Crippen molar-refractivity contribution < 1.29 is 24.3 Å². The predicted molar refractivity (Wildman–Crippen MR) is 128 cm³/mol. The third-order valence-corrected chi connectivity index (χ3v) is 6.02. The van der Waals surface area contributed by atoms with Crippen LogP contribution in [0.25, 0.3) is 0 Å². The second-order valence-electron chi connectivity index (χ2n) is 9.01. The number of aliphatic carboxylic acids is 1. The molecule has 32 heavy (non-hydrogen) atoms. The van der Waals surface area contributed by atoms with E-state index in [2.05, 4.69) is 16.0 Å². The summed E-state index contributed by atoms with van der Waals surface area (Å²) in [5.74, 6) is -2.20. The molecule has 5 unspecified atom stereocenters. The summed E-state index contributed by atoms with van der Waals surface area (Å²) in [6.07, 6.45) is 3.28. The van der Waals surface area contributed by atoms with Gasteiger partial charge in [0.15, 0.2) is 0 Å². The van der Waals surface area contributed by atoms with E-state index in [1.54, 1.807) is 13.8 Å². The van der Waals surface area contributed by atoms with Gasteiger partial charge in [0.05, 0.1) is 6.04 Å². The zero-order chi connectivity index (χ0) is 25.0. The molecule has 5 atom stereocenters. The molecule has 0 aliphatic rings. The van der Waals surface area contributed by atoms with Crippen molar-refractivity contribution in [1.29, 1.82) is 0 Å². The Morgan fingerprint density at radius 3 is 1.91 bits per heavy atom. The van der Waals surface area contributed by atoms with Gasteiger partial charge in [0.1, 0.15) is 18.1 Å². The molecule has 0 aromatic rings. The lowest BCUT2D eigenvalue weighted by atomic mass is 9.98. The Balaban J connectivity index is 5.41. The molecule has 0 bridgehead atoms. The zero-order valence-corrected chi connectivity index (χ0v) is 21.3. The minimum absolute atomic E-state index is 0.0395. The number of carboxylic acids is 1. The van der Waals surface area contributed by atoms with Gasteiger partial charge in [0.2, 0.25) is 17.7 Å². The minimum Gasteiger partial charge on any atom is -0.480 e. The Labute approximate surface area is 196 Å². The van der Waals surface area contributed by atoms with Gasteiger partial charge in [0, 0.05) is 0 Å². The number of hydrogen-bond acceptors (Lipinski definition) is 6. The number of nitrogens with two attached hydrogens (primary N) is 1. The highest BCUT2D eigenvalue weighted by atomic mass is 32.2. The second kappa shape index (κ2) is 15.1. The molecule has 0 aromatic carbocycles. The molecule has 0 aliphatic heterocycles. The van der Waals surface area contributed by atoms with Gasteiger partial charge in [0.25, 0.3) is 0 Å². The van der Waals surface area contributed by atoms with Crippen molar-refractivity contribution in [2.45, 2.75) is 85.0 Å². The summed E-state index contributed by atoms with van der Waals surface area (Å²) in [5, 5.41) is 17.4. The smallest absolute Gasteiger partial charge is 0.326 e. The predicted octanol–water partition coefficient (Wildman–Crippen LogP) is 1.35. The van der Waals surface area contributed by atoms with E-state index >= 15 is 0 Å². The molecule has 0 saturated heterocycles. The molecule has 0 saturated carbocycles. The van der Waals surface area contributed by atoms with E-state index in [-0.39, 0.29) is 24.2 Å². The molecular weight excluding hydrogens is 432 g/mol. The normalized spacial score (nSPS) is 16.1. The maximum Gasteiger partial charge on any atom is 0.326 e. The fourth-order valence-corrected chi connectivity index (χ4v) is 3.50. The SMILES string of the molecule is CCC(C)C(N)C(=O)NC(CCSC)C(=O)NC(C(=O)NC(CC(C)C)C(=O)O)C(C)C. The van der Waals surface area contributed by atoms with Crippen LogP contribution >= 0.6 is 11.8 Å². The molecule has 0 rings (SSSR count). The van der Waals surface area contributed by atoms with E-state index in [9.17, 15) is 24.3 Å². The quantitative estimate of drug-likeness (QED) is 0.240. The number of carboxylic acid groups (broad SMARTS) is 1. The number of nitrogens with one attached hydrogen (secondary N) is 3. The van der Waals surface area contributed by atoms with E-state index in [4.69, 9.17) is 5.73 Å². The lowest BCUT2D eigenvalue weighted by Gasteiger charge is -2.28. The van der Waals surface area contributed by atoms with Gasteiger partial charge < -0.3 is 26.8 Å². The van der Waals surface area contributed by atoms with E-state index in [1.807, 2.05) is 34.0 Å². The van der Waals surface area contributed by atoms with Crippen LogP contribution in [0.2, 0.25) is 0 Å². The van der Waals surface area contributed by atoms with Gasteiger partial charge in [-0.15, -0.1) is 0 Å². The van der Waals surface area contributed by atoms with E-state index in [0.717, 1.165) is 6.42 Å². The lowest BCUT2D eigenvalue weighted by Crippen LogP contribution is -2.59. The van der Waals surface area contributed by atoms with Crippen molar-refractivity contribution >= 4 is 35.5 Å². The van der Waals surface area contributed by atoms with Crippen LogP contribution in [0.5, 0.6) is 0 Å². The number of carbonyl (C=O) groups is 4. The third-order valence-electron chi connectivity index (χ3n) is 5.37. The summed E-state index contributed by atoms with van der Waals surface area (Å²) in [5.41, 5.74) is 6.00. The molecule has 6 N–H and O–H groups in total. The van der Waals surface area contributed by atoms with Crippen LogP contribution in [0.15, 0.2) is 0 Å². The highest BCUT2D eigenvalue weighted by Crippen LogP contribution is 2.10. The molecule has 3 amide bonds. The standard InChI is InChI=1S/C22H42N4O5S/c1-8-14(6)17(23)20(28)24-15(9-10-32-7)19(27)26-18(13(4)5)21(29)25-16(22(30)31)11-12(2)3/h12-18H,8-11,23H2,1-7H3,(H,24,28)(H,25,29)(H,26,27)(H,30,31). The summed E-state index contributed by atoms with van der Waals surface area (Å²) in [6, 6.07) is -3.55. The highest BCUT2D eigenvalue weighted by molar-refractivity contribution is 7.98. The van der Waals surface area contributed by atoms with E-state index in [0.29, 0.717) is 12.2 Å². The Hall–Kier alpha value is -1.81. The van der Waals surface area contributed by atoms with Crippen LogP contribution in [0.3, 0.4) is 0 Å². The summed E-state index contributed by atoms with van der Waals surface area (Å²) < 4.78 is 0. The van der Waals surface area contributed by atoms with Crippen LogP contribution in [-0.2, 0) is 19.2 Å². The first-order valence-corrected chi connectivity index (χ1v) is 12.6. The number of thioether (sulfide) groups is 1. The van der Waals surface area contributed by atoms with Crippen LogP contribution in [0.4, 0.5) is 0 Å². The Bertz CT molecular complexity index is 629. The molecule has 0 heterocycles. The Morgan fingerprint density at radius 2 is 1.47 bits per heavy atom. The van der Waals surface area contributed by atoms with Crippen molar-refractivity contribution in [3.05, 3.63) is 0 Å². The first-order chi connectivity index (χ1) is 14.8. The van der Waals surface area contributed by atoms with Crippen molar-refractivity contribution in [2.75, 3.05) is 12.0 Å². The molecular formula is C22H42N4O5S. The highest BCUT2D eigenvalue weighted by Gasteiger charge is 2.32. The summed E-state index contributed by atoms with van der Waals surface area (Å²) in [7, 11) is 0. The molecule has 10 heteroatoms. The fourth-order valence-electron chi connectivity index (χ4n) is 3.03. The topological polar surface area (TPSA) is 151 Å². The molecule has 0 aliphatic carbocycles. The Morgan fingerprint density at radius 1 is 0.906 bits per heavy atom. The molecule has 186 valence electrons. The largest absolute Gasteiger partial charge is 0.480 e. The second-order valence-corrected chi connectivity index (χ2v) is 10.00. The van der Waals surface area contributed by atoms with E-state index in [1.165, 1.54) is 11.8 Å². The molecule has 9 nitrogen and oxygen atoms in total. The van der Waals surface area contributed by atoms with Crippen LogP contribution in [0.1, 0.15) is 60.8 Å². The van der Waals surface area contributed by atoms with E-state index < -0.39 is 47.9 Å². The Kier molecular flexibility index (Phi) is 14.2. The molecule has 0 aromatic heterocycles. The molecule has 0 radical (unpaired) electrons. The monoisotopic (exact) mass is 474 g/mol. The third kappa shape index (κ3) is 10.7. The van der Waals surface area contributed by atoms with Gasteiger partial charge in [-0.2, -0.15) is 11.8 Å². The summed E-state index contributed by atoms with van der Waals surface area (Å²) >= 11 is 1.54.